The molecule has 0 saturated carbocycles. The van der Waals surface area contributed by atoms with Gasteiger partial charge < -0.3 is 13.3 Å². The van der Waals surface area contributed by atoms with Gasteiger partial charge in [0.15, 0.2) is 17.5 Å². The molecule has 63 heavy (non-hydrogen) atoms. The van der Waals surface area contributed by atoms with Crippen molar-refractivity contribution in [3.63, 3.8) is 0 Å². The third kappa shape index (κ3) is 4.97. The lowest BCUT2D eigenvalue weighted by molar-refractivity contribution is 0.665. The van der Waals surface area contributed by atoms with Crippen molar-refractivity contribution in [1.29, 1.82) is 0 Å². The molecule has 4 aromatic heterocycles. The van der Waals surface area contributed by atoms with Crippen LogP contribution in [0.3, 0.4) is 0 Å². The first-order chi connectivity index (χ1) is 31.2. The normalized spacial score (nSPS) is 12.1. The second kappa shape index (κ2) is 12.9. The van der Waals surface area contributed by atoms with E-state index in [9.17, 15) is 0 Å². The number of nitrogens with zero attached hydrogens (tertiary/aromatic N) is 3. The molecule has 0 atom stereocenters. The molecule has 0 aliphatic rings. The second-order valence-electron chi connectivity index (χ2n) is 16.2. The Hall–Kier alpha value is -8.61. The van der Waals surface area contributed by atoms with Crippen LogP contribution in [0.25, 0.3) is 143 Å². The zero-order valence-electron chi connectivity index (χ0n) is 33.5. The minimum Gasteiger partial charge on any atom is -0.456 e. The van der Waals surface area contributed by atoms with Gasteiger partial charge in [-0.1, -0.05) is 158 Å². The highest BCUT2D eigenvalue weighted by atomic mass is 16.3. The number of rotatable bonds is 4. The third-order valence-corrected chi connectivity index (χ3v) is 12.7. The fourth-order valence-corrected chi connectivity index (χ4v) is 9.92. The van der Waals surface area contributed by atoms with Crippen LogP contribution in [0.1, 0.15) is 0 Å². The van der Waals surface area contributed by atoms with E-state index in [1.165, 1.54) is 26.9 Å². The van der Waals surface area contributed by atoms with Gasteiger partial charge in [-0.15, -0.1) is 0 Å². The van der Waals surface area contributed by atoms with Crippen LogP contribution in [0.5, 0.6) is 0 Å². The SMILES string of the molecule is c1ccc2c(c1)oc1c(-c3cccc4c3oc3c(-c5nc(-c6ccc7c8ccccc8c8ccccc8c7c6)nc(-c6cccc7oc8ccccc8c67)n5)cccc34)cccc12. The average molecular weight is 806 g/mol. The molecule has 0 amide bonds. The fourth-order valence-electron chi connectivity index (χ4n) is 9.92. The third-order valence-electron chi connectivity index (χ3n) is 12.7. The summed E-state index contributed by atoms with van der Waals surface area (Å²) in [6.45, 7) is 0. The van der Waals surface area contributed by atoms with E-state index in [0.29, 0.717) is 23.1 Å². The van der Waals surface area contributed by atoms with Gasteiger partial charge in [0.2, 0.25) is 0 Å². The van der Waals surface area contributed by atoms with E-state index in [4.69, 9.17) is 28.2 Å². The van der Waals surface area contributed by atoms with Crippen molar-refractivity contribution in [2.45, 2.75) is 0 Å². The highest BCUT2D eigenvalue weighted by Gasteiger charge is 2.23. The Bertz CT molecular complexity index is 4200. The van der Waals surface area contributed by atoms with Crippen LogP contribution in [0.4, 0.5) is 0 Å². The Labute approximate surface area is 358 Å². The molecule has 292 valence electrons. The molecule has 14 rings (SSSR count). The molecule has 6 nitrogen and oxygen atoms in total. The largest absolute Gasteiger partial charge is 0.456 e. The summed E-state index contributed by atoms with van der Waals surface area (Å²) in [6, 6.07) is 65.0. The maximum atomic E-state index is 7.04. The van der Waals surface area contributed by atoms with Crippen molar-refractivity contribution in [3.8, 4) is 45.3 Å². The van der Waals surface area contributed by atoms with Gasteiger partial charge in [0.1, 0.15) is 33.5 Å². The summed E-state index contributed by atoms with van der Waals surface area (Å²) in [7, 11) is 0. The highest BCUT2D eigenvalue weighted by Crippen LogP contribution is 2.44. The molecule has 4 heterocycles. The molecule has 0 aliphatic heterocycles. The molecule has 0 unspecified atom stereocenters. The summed E-state index contributed by atoms with van der Waals surface area (Å²) in [5.41, 5.74) is 9.16. The Morgan fingerprint density at radius 1 is 0.254 bits per heavy atom. The molecular weight excluding hydrogens is 775 g/mol. The second-order valence-corrected chi connectivity index (χ2v) is 16.2. The molecule has 6 heteroatoms. The zero-order chi connectivity index (χ0) is 41.2. The molecule has 10 aromatic carbocycles. The average Bonchev–Trinajstić information content (AvgIpc) is 4.05. The number of para-hydroxylation sites is 5. The molecule has 0 saturated heterocycles. The van der Waals surface area contributed by atoms with E-state index in [0.717, 1.165) is 93.4 Å². The quantitative estimate of drug-likeness (QED) is 0.165. The summed E-state index contributed by atoms with van der Waals surface area (Å²) in [4.78, 5) is 15.9. The predicted octanol–water partition coefficient (Wildman–Crippen LogP) is 15.7. The molecular formula is C57H31N3O3. The Balaban J connectivity index is 1.03. The summed E-state index contributed by atoms with van der Waals surface area (Å²) < 4.78 is 19.9. The van der Waals surface area contributed by atoms with E-state index in [-0.39, 0.29) is 0 Å². The molecule has 0 aliphatic carbocycles. The molecule has 14 aromatic rings. The lowest BCUT2D eigenvalue weighted by Crippen LogP contribution is -2.00. The van der Waals surface area contributed by atoms with Gasteiger partial charge in [-0.2, -0.15) is 0 Å². The number of benzene rings is 10. The van der Waals surface area contributed by atoms with E-state index in [2.05, 4.69) is 133 Å². The first kappa shape index (κ1) is 34.1. The number of aromatic nitrogens is 3. The predicted molar refractivity (Wildman–Crippen MR) is 256 cm³/mol. The summed E-state index contributed by atoms with van der Waals surface area (Å²) in [5.74, 6) is 1.61. The van der Waals surface area contributed by atoms with Crippen LogP contribution in [0, 0.1) is 0 Å². The topological polar surface area (TPSA) is 78.1 Å². The van der Waals surface area contributed by atoms with E-state index < -0.39 is 0 Å². The van der Waals surface area contributed by atoms with Crippen LogP contribution in [-0.2, 0) is 0 Å². The molecule has 0 bridgehead atoms. The van der Waals surface area contributed by atoms with Crippen LogP contribution in [0.2, 0.25) is 0 Å². The first-order valence-corrected chi connectivity index (χ1v) is 21.1. The standard InChI is InChI=1S/C57H31N3O3/c1-2-15-35-33(13-1)34-14-3-4-16-36(34)47-31-32(29-30-37(35)47)55-58-56(45-24-12-28-50-51(45)44-18-6-8-27-49(44)61-50)60-57(59-55)46-25-11-23-43-42-22-10-21-41(53(42)63-54(43)46)40-20-9-19-39-38-17-5-7-26-48(38)62-52(39)40/h1-31H. The number of furan rings is 3. The Morgan fingerprint density at radius 2 is 0.683 bits per heavy atom. The minimum atomic E-state index is 0.508. The minimum absolute atomic E-state index is 0.508. The number of hydrogen-bond acceptors (Lipinski definition) is 6. The van der Waals surface area contributed by atoms with Crippen molar-refractivity contribution >= 4 is 98.1 Å². The highest BCUT2D eigenvalue weighted by molar-refractivity contribution is 6.26. The molecule has 0 spiro atoms. The number of hydrogen-bond donors (Lipinski definition) is 0. The van der Waals surface area contributed by atoms with Gasteiger partial charge in [0.05, 0.1) is 5.56 Å². The monoisotopic (exact) mass is 805 g/mol. The van der Waals surface area contributed by atoms with Crippen LogP contribution >= 0.6 is 0 Å². The smallest absolute Gasteiger partial charge is 0.167 e. The Kier molecular flexibility index (Phi) is 7.02. The van der Waals surface area contributed by atoms with Gasteiger partial charge in [0.25, 0.3) is 0 Å². The van der Waals surface area contributed by atoms with Crippen molar-refractivity contribution in [2.24, 2.45) is 0 Å². The van der Waals surface area contributed by atoms with E-state index in [1.807, 2.05) is 54.6 Å². The summed E-state index contributed by atoms with van der Waals surface area (Å²) in [6.07, 6.45) is 0. The lowest BCUT2D eigenvalue weighted by Gasteiger charge is -2.13. The van der Waals surface area contributed by atoms with Crippen LogP contribution in [-0.4, -0.2) is 15.0 Å². The van der Waals surface area contributed by atoms with Crippen LogP contribution < -0.4 is 0 Å². The molecule has 0 N–H and O–H groups in total. The number of fused-ring (bicyclic) bond motifs is 15. The lowest BCUT2D eigenvalue weighted by atomic mass is 9.93. The van der Waals surface area contributed by atoms with Crippen molar-refractivity contribution in [2.75, 3.05) is 0 Å². The van der Waals surface area contributed by atoms with Gasteiger partial charge in [0, 0.05) is 54.6 Å². The van der Waals surface area contributed by atoms with Gasteiger partial charge >= 0.3 is 0 Å². The van der Waals surface area contributed by atoms with Gasteiger partial charge in [-0.3, -0.25) is 0 Å². The molecule has 0 fully saturated rings. The maximum Gasteiger partial charge on any atom is 0.167 e. The maximum absolute atomic E-state index is 7.04. The summed E-state index contributed by atoms with van der Waals surface area (Å²) in [5, 5.41) is 13.2. The Morgan fingerprint density at radius 3 is 1.37 bits per heavy atom. The van der Waals surface area contributed by atoms with Crippen molar-refractivity contribution in [1.82, 2.24) is 15.0 Å². The first-order valence-electron chi connectivity index (χ1n) is 21.1. The fraction of sp³-hybridized carbons (Fsp3) is 0. The van der Waals surface area contributed by atoms with Crippen LogP contribution in [0.15, 0.2) is 201 Å². The van der Waals surface area contributed by atoms with Gasteiger partial charge in [-0.25, -0.2) is 15.0 Å². The zero-order valence-corrected chi connectivity index (χ0v) is 33.5. The van der Waals surface area contributed by atoms with Crippen molar-refractivity contribution in [3.05, 3.63) is 188 Å². The van der Waals surface area contributed by atoms with Gasteiger partial charge in [-0.05, 0) is 62.6 Å². The van der Waals surface area contributed by atoms with E-state index >= 15 is 0 Å². The van der Waals surface area contributed by atoms with Crippen molar-refractivity contribution < 1.29 is 13.3 Å². The summed E-state index contributed by atoms with van der Waals surface area (Å²) >= 11 is 0. The van der Waals surface area contributed by atoms with E-state index in [1.54, 1.807) is 0 Å². The molecule has 0 radical (unpaired) electrons.